The summed E-state index contributed by atoms with van der Waals surface area (Å²) in [7, 11) is 1.77. The van der Waals surface area contributed by atoms with Gasteiger partial charge in [-0.2, -0.15) is 5.10 Å². The molecule has 1 aromatic heterocycles. The summed E-state index contributed by atoms with van der Waals surface area (Å²) in [5.41, 5.74) is 1.61. The topological polar surface area (TPSA) is 117 Å². The van der Waals surface area contributed by atoms with E-state index in [1.165, 1.54) is 18.3 Å². The zero-order valence-corrected chi connectivity index (χ0v) is 16.3. The molecule has 0 saturated carbocycles. The van der Waals surface area contributed by atoms with E-state index < -0.39 is 5.97 Å². The zero-order chi connectivity index (χ0) is 20.8. The van der Waals surface area contributed by atoms with E-state index in [1.54, 1.807) is 35.0 Å². The van der Waals surface area contributed by atoms with Crippen LogP contribution < -0.4 is 10.6 Å². The van der Waals surface area contributed by atoms with E-state index in [9.17, 15) is 14.4 Å². The fourth-order valence-electron chi connectivity index (χ4n) is 3.27. The number of carbonyl (C=O) groups is 3. The van der Waals surface area contributed by atoms with Crippen LogP contribution in [-0.4, -0.2) is 57.3 Å². The second kappa shape index (κ2) is 9.22. The second-order valence-electron chi connectivity index (χ2n) is 7.20. The van der Waals surface area contributed by atoms with Crippen molar-refractivity contribution in [2.24, 2.45) is 13.0 Å². The molecule has 0 radical (unpaired) electrons. The minimum absolute atomic E-state index is 0.132. The predicted molar refractivity (Wildman–Crippen MR) is 105 cm³/mol. The molecule has 1 aliphatic heterocycles. The van der Waals surface area contributed by atoms with Crippen LogP contribution in [0.4, 0.5) is 4.79 Å². The van der Waals surface area contributed by atoms with Crippen molar-refractivity contribution in [1.82, 2.24) is 25.3 Å². The molecule has 1 aromatic carbocycles. The Bertz CT molecular complexity index is 869. The average Bonchev–Trinajstić information content (AvgIpc) is 3.17. The zero-order valence-electron chi connectivity index (χ0n) is 16.3. The molecule has 9 heteroatoms. The maximum Gasteiger partial charge on any atom is 0.335 e. The first kappa shape index (κ1) is 20.4. The number of aryl methyl sites for hydroxylation is 1. The quantitative estimate of drug-likeness (QED) is 0.680. The van der Waals surface area contributed by atoms with Gasteiger partial charge in [-0.25, -0.2) is 9.59 Å². The largest absolute Gasteiger partial charge is 0.478 e. The lowest BCUT2D eigenvalue weighted by Crippen LogP contribution is -2.45. The molecule has 1 aliphatic rings. The van der Waals surface area contributed by atoms with Crippen LogP contribution in [0.15, 0.2) is 36.7 Å². The maximum absolute atomic E-state index is 12.3. The van der Waals surface area contributed by atoms with Gasteiger partial charge in [-0.05, 0) is 36.5 Å². The number of nitrogens with zero attached hydrogens (tertiary/aromatic N) is 3. The maximum atomic E-state index is 12.3. The van der Waals surface area contributed by atoms with Crippen molar-refractivity contribution < 1.29 is 19.5 Å². The Hall–Kier alpha value is -3.36. The van der Waals surface area contributed by atoms with Crippen LogP contribution in [0, 0.1) is 5.92 Å². The lowest BCUT2D eigenvalue weighted by atomic mass is 9.97. The highest BCUT2D eigenvalue weighted by atomic mass is 16.4. The molecule has 0 bridgehead atoms. The third-order valence-corrected chi connectivity index (χ3v) is 5.06. The molecule has 2 heterocycles. The molecule has 3 amide bonds. The standard InChI is InChI=1S/C20H25N5O4/c1-24-13-17(12-23-24)18(26)21-10-15-6-8-25(9-7-15)20(29)22-11-14-2-4-16(5-3-14)19(27)28/h2-5,12-13,15H,6-11H2,1H3,(H,21,26)(H,22,29)(H,27,28). The van der Waals surface area contributed by atoms with E-state index in [-0.39, 0.29) is 17.5 Å². The fourth-order valence-corrected chi connectivity index (χ4v) is 3.27. The number of carboxylic acids is 1. The number of nitrogens with one attached hydrogen (secondary N) is 2. The number of benzene rings is 1. The van der Waals surface area contributed by atoms with Crippen molar-refractivity contribution in [3.05, 3.63) is 53.3 Å². The predicted octanol–water partition coefficient (Wildman–Crippen LogP) is 1.47. The van der Waals surface area contributed by atoms with Crippen molar-refractivity contribution in [3.8, 4) is 0 Å². The molecule has 2 aromatic rings. The van der Waals surface area contributed by atoms with Gasteiger partial charge in [0.25, 0.3) is 5.91 Å². The highest BCUT2D eigenvalue weighted by molar-refractivity contribution is 5.93. The molecular formula is C20H25N5O4. The van der Waals surface area contributed by atoms with Crippen LogP contribution in [0.3, 0.4) is 0 Å². The molecule has 9 nitrogen and oxygen atoms in total. The Balaban J connectivity index is 1.37. The number of aromatic carboxylic acids is 1. The molecule has 3 rings (SSSR count). The number of piperidine rings is 1. The molecule has 1 fully saturated rings. The number of likely N-dealkylation sites (tertiary alicyclic amines) is 1. The Morgan fingerprint density at radius 3 is 2.38 bits per heavy atom. The summed E-state index contributed by atoms with van der Waals surface area (Å²) >= 11 is 0. The van der Waals surface area contributed by atoms with Crippen LogP contribution in [0.25, 0.3) is 0 Å². The molecule has 1 saturated heterocycles. The third kappa shape index (κ3) is 5.56. The van der Waals surface area contributed by atoms with E-state index in [0.717, 1.165) is 18.4 Å². The minimum atomic E-state index is -0.972. The minimum Gasteiger partial charge on any atom is -0.478 e. The van der Waals surface area contributed by atoms with Gasteiger partial charge < -0.3 is 20.6 Å². The van der Waals surface area contributed by atoms with E-state index in [4.69, 9.17) is 5.11 Å². The summed E-state index contributed by atoms with van der Waals surface area (Å²) in [6, 6.07) is 6.30. The number of amides is 3. The van der Waals surface area contributed by atoms with Gasteiger partial charge in [0.05, 0.1) is 17.3 Å². The molecule has 0 aliphatic carbocycles. The summed E-state index contributed by atoms with van der Waals surface area (Å²) in [5, 5.41) is 18.7. The Morgan fingerprint density at radius 1 is 1.10 bits per heavy atom. The lowest BCUT2D eigenvalue weighted by Gasteiger charge is -2.32. The van der Waals surface area contributed by atoms with Crippen LogP contribution in [0.1, 0.15) is 39.1 Å². The first-order valence-corrected chi connectivity index (χ1v) is 9.54. The van der Waals surface area contributed by atoms with E-state index in [1.807, 2.05) is 0 Å². The number of carbonyl (C=O) groups excluding carboxylic acids is 2. The first-order valence-electron chi connectivity index (χ1n) is 9.54. The van der Waals surface area contributed by atoms with E-state index in [2.05, 4.69) is 15.7 Å². The number of hydrogen-bond acceptors (Lipinski definition) is 4. The molecular weight excluding hydrogens is 374 g/mol. The van der Waals surface area contributed by atoms with Gasteiger partial charge in [-0.15, -0.1) is 0 Å². The van der Waals surface area contributed by atoms with Crippen LogP contribution in [0.2, 0.25) is 0 Å². The molecule has 29 heavy (non-hydrogen) atoms. The summed E-state index contributed by atoms with van der Waals surface area (Å²) in [5.74, 6) is -0.768. The summed E-state index contributed by atoms with van der Waals surface area (Å²) < 4.78 is 1.59. The highest BCUT2D eigenvalue weighted by Crippen LogP contribution is 2.17. The second-order valence-corrected chi connectivity index (χ2v) is 7.20. The number of hydrogen-bond donors (Lipinski definition) is 3. The van der Waals surface area contributed by atoms with Crippen LogP contribution >= 0.6 is 0 Å². The Morgan fingerprint density at radius 2 is 1.79 bits per heavy atom. The highest BCUT2D eigenvalue weighted by Gasteiger charge is 2.23. The van der Waals surface area contributed by atoms with Crippen LogP contribution in [0.5, 0.6) is 0 Å². The van der Waals surface area contributed by atoms with Crippen molar-refractivity contribution in [3.63, 3.8) is 0 Å². The van der Waals surface area contributed by atoms with Crippen molar-refractivity contribution in [2.75, 3.05) is 19.6 Å². The van der Waals surface area contributed by atoms with E-state index in [0.29, 0.717) is 37.7 Å². The van der Waals surface area contributed by atoms with Gasteiger partial charge in [0.1, 0.15) is 0 Å². The molecule has 0 atom stereocenters. The average molecular weight is 399 g/mol. The monoisotopic (exact) mass is 399 g/mol. The van der Waals surface area contributed by atoms with Gasteiger partial charge >= 0.3 is 12.0 Å². The molecule has 154 valence electrons. The summed E-state index contributed by atoms with van der Waals surface area (Å²) in [4.78, 5) is 37.1. The van der Waals surface area contributed by atoms with Crippen molar-refractivity contribution in [2.45, 2.75) is 19.4 Å². The number of carboxylic acid groups (broad SMARTS) is 1. The SMILES string of the molecule is Cn1cc(C(=O)NCC2CCN(C(=O)NCc3ccc(C(=O)O)cc3)CC2)cn1. The number of rotatable bonds is 6. The molecule has 0 unspecified atom stereocenters. The van der Waals surface area contributed by atoms with Crippen LogP contribution in [-0.2, 0) is 13.6 Å². The first-order chi connectivity index (χ1) is 13.9. The molecule has 3 N–H and O–H groups in total. The van der Waals surface area contributed by atoms with Crippen molar-refractivity contribution in [1.29, 1.82) is 0 Å². The lowest BCUT2D eigenvalue weighted by molar-refractivity contribution is 0.0696. The van der Waals surface area contributed by atoms with Gasteiger partial charge in [0, 0.05) is 39.4 Å². The Labute approximate surface area is 168 Å². The summed E-state index contributed by atoms with van der Waals surface area (Å²) in [6.07, 6.45) is 4.87. The smallest absolute Gasteiger partial charge is 0.335 e. The Kier molecular flexibility index (Phi) is 6.48. The van der Waals surface area contributed by atoms with Crippen molar-refractivity contribution >= 4 is 17.9 Å². The van der Waals surface area contributed by atoms with Gasteiger partial charge in [-0.1, -0.05) is 12.1 Å². The summed E-state index contributed by atoms with van der Waals surface area (Å²) in [6.45, 7) is 2.20. The normalized spacial score (nSPS) is 14.4. The van der Waals surface area contributed by atoms with E-state index >= 15 is 0 Å². The van der Waals surface area contributed by atoms with Gasteiger partial charge in [0.15, 0.2) is 0 Å². The number of urea groups is 1. The van der Waals surface area contributed by atoms with Gasteiger partial charge in [0.2, 0.25) is 0 Å². The van der Waals surface area contributed by atoms with Gasteiger partial charge in [-0.3, -0.25) is 9.48 Å². The number of aromatic nitrogens is 2. The fraction of sp³-hybridized carbons (Fsp3) is 0.400. The molecule has 0 spiro atoms. The third-order valence-electron chi connectivity index (χ3n) is 5.06.